The van der Waals surface area contributed by atoms with Crippen molar-refractivity contribution in [3.05, 3.63) is 95.1 Å². The topological polar surface area (TPSA) is 230 Å². The molecule has 0 radical (unpaired) electrons. The molecule has 0 aliphatic carbocycles. The minimum atomic E-state index is -4.83. The predicted octanol–water partition coefficient (Wildman–Crippen LogP) is 6.61. The van der Waals surface area contributed by atoms with Gasteiger partial charge in [-0.25, -0.2) is 8.42 Å². The van der Waals surface area contributed by atoms with E-state index in [1.807, 2.05) is 0 Å². The van der Waals surface area contributed by atoms with Crippen LogP contribution in [0.15, 0.2) is 104 Å². The Morgan fingerprint density at radius 2 is 1.35 bits per heavy atom. The van der Waals surface area contributed by atoms with Crippen LogP contribution in [0.1, 0.15) is 11.1 Å². The lowest BCUT2D eigenvalue weighted by Gasteiger charge is -2.13. The van der Waals surface area contributed by atoms with Gasteiger partial charge in [0.1, 0.15) is 10.6 Å². The lowest BCUT2D eigenvalue weighted by Crippen LogP contribution is -2.04. The number of azo groups is 1. The molecule has 0 aliphatic rings. The summed E-state index contributed by atoms with van der Waals surface area (Å²) in [6, 6.07) is 15.5. The summed E-state index contributed by atoms with van der Waals surface area (Å²) in [5, 5.41) is 15.5. The quantitative estimate of drug-likeness (QED) is 0.0877. The number of aryl methyl sites for hydroxylation is 2. The zero-order chi connectivity index (χ0) is 35.0. The molecular weight excluding hydrogens is 706 g/mol. The van der Waals surface area contributed by atoms with Crippen LogP contribution in [0.25, 0.3) is 10.8 Å². The van der Waals surface area contributed by atoms with Crippen molar-refractivity contribution in [3.8, 4) is 0 Å². The zero-order valence-electron chi connectivity index (χ0n) is 24.8. The van der Waals surface area contributed by atoms with E-state index in [0.29, 0.717) is 33.3 Å². The Balaban J connectivity index is 1.47. The highest BCUT2D eigenvalue weighted by Gasteiger charge is 2.21. The van der Waals surface area contributed by atoms with E-state index in [0.717, 1.165) is 11.5 Å². The Morgan fingerprint density at radius 1 is 0.750 bits per heavy atom. The average molecular weight is 730 g/mol. The molecule has 0 bridgehead atoms. The second-order valence-corrected chi connectivity index (χ2v) is 15.2. The molecule has 0 spiro atoms. The van der Waals surface area contributed by atoms with Gasteiger partial charge in [-0.1, -0.05) is 18.7 Å². The number of fused-ring (bicyclic) bond motifs is 1. The van der Waals surface area contributed by atoms with Gasteiger partial charge in [0.05, 0.1) is 15.5 Å². The SMILES string of the molecule is C=CS(=O)(=O)c1ccc(Nc2nc(Cl)nc(Nc3ccc4c(C)c(N=Nc5cc(S(=O)(=O)O)ccc5C)c(S(=O)(=O)O)cc4c3)n2)cc1. The van der Waals surface area contributed by atoms with Crippen LogP contribution in [-0.2, 0) is 30.1 Å². The number of halogens is 1. The smallest absolute Gasteiger partial charge is 0.296 e. The van der Waals surface area contributed by atoms with Crippen molar-refractivity contribution in [3.63, 3.8) is 0 Å². The number of aromatic nitrogens is 3. The van der Waals surface area contributed by atoms with E-state index in [4.69, 9.17) is 11.6 Å². The second-order valence-electron chi connectivity index (χ2n) is 10.1. The van der Waals surface area contributed by atoms with Crippen molar-refractivity contribution >= 4 is 87.1 Å². The molecule has 0 saturated carbocycles. The molecule has 0 amide bonds. The third-order valence-electron chi connectivity index (χ3n) is 6.87. The number of nitrogens with one attached hydrogen (secondary N) is 2. The number of hydrogen-bond donors (Lipinski definition) is 4. The first kappa shape index (κ1) is 34.5. The number of benzene rings is 4. The first-order valence-corrected chi connectivity index (χ1v) is 18.2. The third-order valence-corrected chi connectivity index (χ3v) is 10.1. The van der Waals surface area contributed by atoms with Gasteiger partial charge < -0.3 is 10.6 Å². The lowest BCUT2D eigenvalue weighted by molar-refractivity contribution is 0.481. The summed E-state index contributed by atoms with van der Waals surface area (Å²) < 4.78 is 91.5. The standard InChI is InChI=1S/C29H24ClN7O8S3/c1-4-46(38,39)21-10-6-19(7-11-21)31-28-33-27(30)34-29(35-28)32-20-8-12-23-17(3)26(25(48(43,44)45)14-18(23)13-20)37-36-24-15-22(47(40,41)42)9-5-16(24)2/h4-15H,1H2,2-3H3,(H,40,41,42)(H,43,44,45)(H2,31,32,33,34,35). The Hall–Kier alpha value is -4.85. The number of sulfone groups is 1. The van der Waals surface area contributed by atoms with Crippen LogP contribution in [0.3, 0.4) is 0 Å². The normalized spacial score (nSPS) is 12.4. The van der Waals surface area contributed by atoms with Gasteiger partial charge in [0.25, 0.3) is 20.2 Å². The average Bonchev–Trinajstić information content (AvgIpc) is 3.00. The minimum absolute atomic E-state index is 0.0161. The number of rotatable bonds is 10. The lowest BCUT2D eigenvalue weighted by atomic mass is 10.0. The van der Waals surface area contributed by atoms with Crippen molar-refractivity contribution in [2.75, 3.05) is 10.6 Å². The molecule has 0 fully saturated rings. The van der Waals surface area contributed by atoms with Crippen molar-refractivity contribution in [2.45, 2.75) is 28.5 Å². The molecule has 1 aromatic heterocycles. The van der Waals surface area contributed by atoms with Crippen molar-refractivity contribution in [2.24, 2.45) is 10.2 Å². The van der Waals surface area contributed by atoms with Gasteiger partial charge in [-0.15, -0.1) is 5.11 Å². The van der Waals surface area contributed by atoms with Gasteiger partial charge in [0, 0.05) is 16.8 Å². The predicted molar refractivity (Wildman–Crippen MR) is 179 cm³/mol. The first-order valence-electron chi connectivity index (χ1n) is 13.4. The molecule has 15 nitrogen and oxygen atoms in total. The Bertz CT molecular complexity index is 2480. The highest BCUT2D eigenvalue weighted by molar-refractivity contribution is 7.94. The van der Waals surface area contributed by atoms with Gasteiger partial charge in [-0.2, -0.15) is 36.9 Å². The van der Waals surface area contributed by atoms with Crippen molar-refractivity contribution < 1.29 is 34.4 Å². The fourth-order valence-corrected chi connectivity index (χ4v) is 6.53. The fourth-order valence-electron chi connectivity index (χ4n) is 4.45. The highest BCUT2D eigenvalue weighted by Crippen LogP contribution is 2.37. The van der Waals surface area contributed by atoms with E-state index in [2.05, 4.69) is 42.4 Å². The van der Waals surface area contributed by atoms with Crippen molar-refractivity contribution in [1.29, 1.82) is 0 Å². The summed E-state index contributed by atoms with van der Waals surface area (Å²) in [4.78, 5) is 11.4. The van der Waals surface area contributed by atoms with Crippen LogP contribution in [0.5, 0.6) is 0 Å². The van der Waals surface area contributed by atoms with Crippen LogP contribution in [0, 0.1) is 13.8 Å². The minimum Gasteiger partial charge on any atom is -0.324 e. The van der Waals surface area contributed by atoms with Gasteiger partial charge in [0.15, 0.2) is 9.84 Å². The van der Waals surface area contributed by atoms with Crippen LogP contribution in [0.4, 0.5) is 34.6 Å². The molecule has 4 aromatic carbocycles. The molecule has 0 aliphatic heterocycles. The first-order chi connectivity index (χ1) is 22.4. The number of anilines is 4. The molecule has 0 saturated heterocycles. The molecular formula is C29H24ClN7O8S3. The third kappa shape index (κ3) is 7.64. The van der Waals surface area contributed by atoms with Crippen LogP contribution in [0.2, 0.25) is 5.28 Å². The maximum absolute atomic E-state index is 12.4. The Labute approximate surface area is 279 Å². The zero-order valence-corrected chi connectivity index (χ0v) is 28.0. The van der Waals surface area contributed by atoms with Crippen molar-refractivity contribution in [1.82, 2.24) is 15.0 Å². The van der Waals surface area contributed by atoms with E-state index in [1.165, 1.54) is 42.5 Å². The molecule has 1 heterocycles. The molecule has 0 unspecified atom stereocenters. The van der Waals surface area contributed by atoms with E-state index < -0.39 is 39.9 Å². The molecule has 4 N–H and O–H groups in total. The molecule has 5 aromatic rings. The van der Waals surface area contributed by atoms with E-state index in [-0.39, 0.29) is 33.5 Å². The molecule has 48 heavy (non-hydrogen) atoms. The summed E-state index contributed by atoms with van der Waals surface area (Å²) in [7, 11) is -13.0. The highest BCUT2D eigenvalue weighted by atomic mass is 35.5. The fraction of sp³-hybridized carbons (Fsp3) is 0.0690. The molecule has 0 atom stereocenters. The monoisotopic (exact) mass is 729 g/mol. The summed E-state index contributed by atoms with van der Waals surface area (Å²) in [5.74, 6) is 0.0526. The summed E-state index contributed by atoms with van der Waals surface area (Å²) in [6.45, 7) is 6.49. The van der Waals surface area contributed by atoms with Crippen LogP contribution >= 0.6 is 11.6 Å². The maximum Gasteiger partial charge on any atom is 0.296 e. The summed E-state index contributed by atoms with van der Waals surface area (Å²) >= 11 is 6.12. The number of hydrogen-bond acceptors (Lipinski definition) is 13. The van der Waals surface area contributed by atoms with Gasteiger partial charge >= 0.3 is 0 Å². The van der Waals surface area contributed by atoms with Crippen LogP contribution < -0.4 is 10.6 Å². The van der Waals surface area contributed by atoms with Gasteiger partial charge in [-0.05, 0) is 102 Å². The largest absolute Gasteiger partial charge is 0.324 e. The van der Waals surface area contributed by atoms with E-state index >= 15 is 0 Å². The Morgan fingerprint density at radius 3 is 1.96 bits per heavy atom. The molecule has 5 rings (SSSR count). The van der Waals surface area contributed by atoms with E-state index in [1.54, 1.807) is 32.0 Å². The summed E-state index contributed by atoms with van der Waals surface area (Å²) in [5.41, 5.74) is 1.55. The van der Waals surface area contributed by atoms with Crippen LogP contribution in [-0.4, -0.2) is 49.3 Å². The van der Waals surface area contributed by atoms with Gasteiger partial charge in [0.2, 0.25) is 17.2 Å². The Kier molecular flexibility index (Phi) is 9.33. The second kappa shape index (κ2) is 13.0. The number of nitrogens with zero attached hydrogens (tertiary/aromatic N) is 5. The molecule has 19 heteroatoms. The molecule has 248 valence electrons. The maximum atomic E-state index is 12.4. The summed E-state index contributed by atoms with van der Waals surface area (Å²) in [6.07, 6.45) is 0. The van der Waals surface area contributed by atoms with Gasteiger partial charge in [-0.3, -0.25) is 9.11 Å². The van der Waals surface area contributed by atoms with E-state index in [9.17, 15) is 34.4 Å².